The molecule has 0 aliphatic rings. The van der Waals surface area contributed by atoms with Gasteiger partial charge in [-0.2, -0.15) is 0 Å². The van der Waals surface area contributed by atoms with Gasteiger partial charge in [-0.25, -0.2) is 0 Å². The Labute approximate surface area is 179 Å². The van der Waals surface area contributed by atoms with E-state index in [2.05, 4.69) is 27.7 Å². The lowest BCUT2D eigenvalue weighted by Gasteiger charge is -2.11. The largest absolute Gasteiger partial charge is 0.328 e. The number of hydrogen-bond acceptors (Lipinski definition) is 1. The highest BCUT2D eigenvalue weighted by atomic mass is 14.6. The number of hydrogen-bond donors (Lipinski definition) is 1. The lowest BCUT2D eigenvalue weighted by molar-refractivity contribution is 0.486. The first-order valence-corrected chi connectivity index (χ1v) is 13.0. The Morgan fingerprint density at radius 3 is 1.21 bits per heavy atom. The number of rotatable bonds is 21. The molecule has 1 heteroatoms. The van der Waals surface area contributed by atoms with Gasteiger partial charge in [-0.05, 0) is 52.4 Å². The average molecular weight is 394 g/mol. The summed E-state index contributed by atoms with van der Waals surface area (Å²) >= 11 is 0. The molecule has 0 amide bonds. The summed E-state index contributed by atoms with van der Waals surface area (Å²) in [4.78, 5) is 0. The van der Waals surface area contributed by atoms with E-state index >= 15 is 0 Å². The van der Waals surface area contributed by atoms with E-state index in [1.54, 1.807) is 11.1 Å². The van der Waals surface area contributed by atoms with Crippen LogP contribution in [0.5, 0.6) is 0 Å². The minimum atomic E-state index is 0.455. The van der Waals surface area contributed by atoms with Crippen LogP contribution in [-0.4, -0.2) is 6.04 Å². The van der Waals surface area contributed by atoms with Crippen LogP contribution in [0.25, 0.3) is 0 Å². The first kappa shape index (κ1) is 27.7. The highest BCUT2D eigenvalue weighted by Crippen LogP contribution is 2.19. The van der Waals surface area contributed by atoms with Gasteiger partial charge in [-0.3, -0.25) is 0 Å². The second kappa shape index (κ2) is 21.4. The monoisotopic (exact) mass is 393 g/mol. The molecule has 1 unspecified atom stereocenters. The van der Waals surface area contributed by atoms with E-state index in [1.807, 2.05) is 0 Å². The van der Waals surface area contributed by atoms with Gasteiger partial charge in [0, 0.05) is 6.04 Å². The third kappa shape index (κ3) is 19.0. The maximum absolute atomic E-state index is 6.27. The summed E-state index contributed by atoms with van der Waals surface area (Å²) < 4.78 is 0. The lowest BCUT2D eigenvalue weighted by Crippen LogP contribution is -2.19. The van der Waals surface area contributed by atoms with Crippen molar-refractivity contribution in [2.24, 2.45) is 5.73 Å². The van der Waals surface area contributed by atoms with E-state index in [0.717, 1.165) is 0 Å². The first-order valence-electron chi connectivity index (χ1n) is 13.0. The highest BCUT2D eigenvalue weighted by Gasteiger charge is 2.03. The van der Waals surface area contributed by atoms with Gasteiger partial charge in [0.15, 0.2) is 0 Å². The van der Waals surface area contributed by atoms with Crippen molar-refractivity contribution in [3.05, 3.63) is 11.1 Å². The maximum Gasteiger partial charge on any atom is 0.00388 e. The standard InChI is InChI=1S/C27H55N/c1-5-7-9-11-14-17-21-25(3)26(4)22-18-15-12-16-20-24-27(28)23-19-13-10-8-6-2/h27H,5-24,28H2,1-4H3. The minimum Gasteiger partial charge on any atom is -0.328 e. The molecule has 28 heavy (non-hydrogen) atoms. The smallest absolute Gasteiger partial charge is 0.00388 e. The molecule has 0 aromatic rings. The van der Waals surface area contributed by atoms with Crippen LogP contribution in [-0.2, 0) is 0 Å². The number of allylic oxidation sites excluding steroid dienone is 2. The molecule has 0 spiro atoms. The van der Waals surface area contributed by atoms with Crippen molar-refractivity contribution in [1.29, 1.82) is 0 Å². The molecule has 0 fully saturated rings. The molecule has 0 radical (unpaired) electrons. The van der Waals surface area contributed by atoms with Crippen LogP contribution in [0.15, 0.2) is 11.1 Å². The lowest BCUT2D eigenvalue weighted by atomic mass is 9.98. The molecule has 0 aliphatic heterocycles. The normalized spacial score (nSPS) is 13.6. The quantitative estimate of drug-likeness (QED) is 0.152. The summed E-state index contributed by atoms with van der Waals surface area (Å²) in [6.45, 7) is 9.31. The van der Waals surface area contributed by atoms with Gasteiger partial charge < -0.3 is 5.73 Å². The van der Waals surface area contributed by atoms with Crippen molar-refractivity contribution in [2.45, 2.75) is 162 Å². The summed E-state index contributed by atoms with van der Waals surface area (Å²) in [5.74, 6) is 0. The Kier molecular flexibility index (Phi) is 21.2. The van der Waals surface area contributed by atoms with Gasteiger partial charge >= 0.3 is 0 Å². The zero-order chi connectivity index (χ0) is 20.9. The fraction of sp³-hybridized carbons (Fsp3) is 0.926. The Bertz CT molecular complexity index is 344. The summed E-state index contributed by atoms with van der Waals surface area (Å²) in [6.07, 6.45) is 27.3. The zero-order valence-corrected chi connectivity index (χ0v) is 20.3. The van der Waals surface area contributed by atoms with Crippen LogP contribution >= 0.6 is 0 Å². The van der Waals surface area contributed by atoms with E-state index in [0.29, 0.717) is 6.04 Å². The summed E-state index contributed by atoms with van der Waals surface area (Å²) in [6, 6.07) is 0.455. The van der Waals surface area contributed by atoms with Crippen LogP contribution < -0.4 is 5.73 Å². The molecule has 168 valence electrons. The molecule has 0 heterocycles. The minimum absolute atomic E-state index is 0.455. The molecule has 0 aromatic heterocycles. The molecule has 0 rings (SSSR count). The van der Waals surface area contributed by atoms with E-state index < -0.39 is 0 Å². The van der Waals surface area contributed by atoms with Crippen LogP contribution in [0.3, 0.4) is 0 Å². The van der Waals surface area contributed by atoms with Crippen molar-refractivity contribution in [3.8, 4) is 0 Å². The third-order valence-corrected chi connectivity index (χ3v) is 6.44. The second-order valence-corrected chi connectivity index (χ2v) is 9.35. The van der Waals surface area contributed by atoms with Crippen molar-refractivity contribution >= 4 is 0 Å². The Morgan fingerprint density at radius 1 is 0.500 bits per heavy atom. The first-order chi connectivity index (χ1) is 13.6. The predicted octanol–water partition coefficient (Wildman–Crippen LogP) is 9.49. The zero-order valence-electron chi connectivity index (χ0n) is 20.3. The third-order valence-electron chi connectivity index (χ3n) is 6.44. The van der Waals surface area contributed by atoms with Gasteiger partial charge in [0.2, 0.25) is 0 Å². The molecule has 1 atom stereocenters. The molecule has 0 saturated carbocycles. The molecule has 0 aliphatic carbocycles. The predicted molar refractivity (Wildman–Crippen MR) is 130 cm³/mol. The average Bonchev–Trinajstić information content (AvgIpc) is 2.69. The molecule has 0 aromatic carbocycles. The molecule has 0 bridgehead atoms. The summed E-state index contributed by atoms with van der Waals surface area (Å²) in [5, 5.41) is 0. The SMILES string of the molecule is CCCCCCCCC(C)=C(C)CCCCCCCC(N)CCCCCCC. The molecule has 1 nitrogen and oxygen atoms in total. The molecule has 0 saturated heterocycles. The molecular formula is C27H55N. The molecular weight excluding hydrogens is 338 g/mol. The second-order valence-electron chi connectivity index (χ2n) is 9.35. The van der Waals surface area contributed by atoms with Gasteiger partial charge in [-0.1, -0.05) is 115 Å². The summed E-state index contributed by atoms with van der Waals surface area (Å²) in [5.41, 5.74) is 9.60. The van der Waals surface area contributed by atoms with Crippen LogP contribution in [0.1, 0.15) is 156 Å². The number of nitrogens with two attached hydrogens (primary N) is 1. The summed E-state index contributed by atoms with van der Waals surface area (Å²) in [7, 11) is 0. The van der Waals surface area contributed by atoms with Gasteiger partial charge in [0.25, 0.3) is 0 Å². The van der Waals surface area contributed by atoms with Crippen molar-refractivity contribution in [3.63, 3.8) is 0 Å². The number of unbranched alkanes of at least 4 members (excludes halogenated alkanes) is 13. The van der Waals surface area contributed by atoms with E-state index in [-0.39, 0.29) is 0 Å². The van der Waals surface area contributed by atoms with Gasteiger partial charge in [-0.15, -0.1) is 0 Å². The fourth-order valence-electron chi connectivity index (χ4n) is 4.08. The van der Waals surface area contributed by atoms with Crippen molar-refractivity contribution < 1.29 is 0 Å². The molecule has 2 N–H and O–H groups in total. The Balaban J connectivity index is 3.50. The van der Waals surface area contributed by atoms with Gasteiger partial charge in [0.1, 0.15) is 0 Å². The highest BCUT2D eigenvalue weighted by molar-refractivity contribution is 5.09. The maximum atomic E-state index is 6.27. The van der Waals surface area contributed by atoms with Crippen molar-refractivity contribution in [2.75, 3.05) is 0 Å². The Morgan fingerprint density at radius 2 is 0.821 bits per heavy atom. The topological polar surface area (TPSA) is 26.0 Å². The van der Waals surface area contributed by atoms with Crippen molar-refractivity contribution in [1.82, 2.24) is 0 Å². The van der Waals surface area contributed by atoms with Gasteiger partial charge in [0.05, 0.1) is 0 Å². The fourth-order valence-corrected chi connectivity index (χ4v) is 4.08. The van der Waals surface area contributed by atoms with Crippen LogP contribution in [0.2, 0.25) is 0 Å². The van der Waals surface area contributed by atoms with E-state index in [9.17, 15) is 0 Å². The van der Waals surface area contributed by atoms with Crippen LogP contribution in [0, 0.1) is 0 Å². The van der Waals surface area contributed by atoms with Crippen LogP contribution in [0.4, 0.5) is 0 Å². The Hall–Kier alpha value is -0.300. The van der Waals surface area contributed by atoms with E-state index in [4.69, 9.17) is 5.73 Å². The van der Waals surface area contributed by atoms with E-state index in [1.165, 1.54) is 128 Å².